The molecule has 1 fully saturated rings. The summed E-state index contributed by atoms with van der Waals surface area (Å²) < 4.78 is 0. The van der Waals surface area contributed by atoms with Gasteiger partial charge >= 0.3 is 0 Å². The van der Waals surface area contributed by atoms with Gasteiger partial charge in [0.05, 0.1) is 18.0 Å². The maximum Gasteiger partial charge on any atom is 0.278 e. The van der Waals surface area contributed by atoms with E-state index in [4.69, 9.17) is 16.6 Å². The molecule has 0 aliphatic carbocycles. The van der Waals surface area contributed by atoms with Crippen molar-refractivity contribution in [2.24, 2.45) is 10.9 Å². The number of likely N-dealkylation sites (tertiary alicyclic amines) is 1. The molecule has 2 heterocycles. The first-order valence-corrected chi connectivity index (χ1v) is 12.0. The van der Waals surface area contributed by atoms with Gasteiger partial charge in [-0.1, -0.05) is 66.2 Å². The van der Waals surface area contributed by atoms with E-state index in [1.165, 1.54) is 5.56 Å². The van der Waals surface area contributed by atoms with Crippen LogP contribution >= 0.6 is 11.6 Å². The number of hydrogen-bond acceptors (Lipinski definition) is 3. The van der Waals surface area contributed by atoms with Gasteiger partial charge in [0.15, 0.2) is 0 Å². The van der Waals surface area contributed by atoms with Crippen LogP contribution in [0.25, 0.3) is 0 Å². The number of aliphatic imine (C=N–C) groups is 1. The number of amides is 1. The van der Waals surface area contributed by atoms with Gasteiger partial charge in [0, 0.05) is 23.7 Å². The lowest BCUT2D eigenvalue weighted by Crippen LogP contribution is -2.44. The van der Waals surface area contributed by atoms with E-state index in [9.17, 15) is 4.79 Å². The Bertz CT molecular complexity index is 1180. The fourth-order valence-corrected chi connectivity index (χ4v) is 5.00. The van der Waals surface area contributed by atoms with Gasteiger partial charge in [-0.2, -0.15) is 0 Å². The number of nitrogens with zero attached hydrogens (tertiary/aromatic N) is 3. The van der Waals surface area contributed by atoms with Crippen LogP contribution in [0.4, 0.5) is 11.4 Å². The lowest BCUT2D eigenvalue weighted by Gasteiger charge is -2.34. The van der Waals surface area contributed by atoms with Crippen LogP contribution in [0.15, 0.2) is 77.8 Å². The Morgan fingerprint density at radius 3 is 2.45 bits per heavy atom. The highest BCUT2D eigenvalue weighted by atomic mass is 35.5. The molecule has 0 atom stereocenters. The molecule has 3 aromatic carbocycles. The van der Waals surface area contributed by atoms with E-state index < -0.39 is 0 Å². The molecule has 0 saturated carbocycles. The zero-order valence-corrected chi connectivity index (χ0v) is 19.6. The number of para-hydroxylation sites is 1. The molecule has 5 rings (SSSR count). The minimum atomic E-state index is -0.0398. The number of carbonyl (C=O) groups is 1. The molecule has 2 aliphatic rings. The second-order valence-corrected chi connectivity index (χ2v) is 9.39. The molecule has 0 N–H and O–H groups in total. The van der Waals surface area contributed by atoms with Gasteiger partial charge in [0.25, 0.3) is 5.91 Å². The Morgan fingerprint density at radius 2 is 1.67 bits per heavy atom. The van der Waals surface area contributed by atoms with Gasteiger partial charge in [0.2, 0.25) is 0 Å². The van der Waals surface area contributed by atoms with Gasteiger partial charge in [-0.3, -0.25) is 14.6 Å². The predicted octanol–water partition coefficient (Wildman–Crippen LogP) is 6.03. The number of fused-ring (bicyclic) bond motifs is 1. The second kappa shape index (κ2) is 9.50. The molecule has 0 bridgehead atoms. The van der Waals surface area contributed by atoms with Crippen LogP contribution in [0, 0.1) is 12.8 Å². The second-order valence-electron chi connectivity index (χ2n) is 8.99. The Kier molecular flexibility index (Phi) is 6.30. The summed E-state index contributed by atoms with van der Waals surface area (Å²) in [5.41, 5.74) is 5.36. The minimum Gasteiger partial charge on any atom is -0.293 e. The maximum absolute atomic E-state index is 13.5. The fourth-order valence-electron chi connectivity index (χ4n) is 4.83. The number of benzene rings is 3. The maximum atomic E-state index is 13.5. The van der Waals surface area contributed by atoms with Crippen molar-refractivity contribution in [3.8, 4) is 0 Å². The molecule has 0 radical (unpaired) electrons. The SMILES string of the molecule is Cc1c(Cl)cccc1N=C1C(=O)N(CN2CCC(Cc3ccccc3)CC2)c2ccccc21. The van der Waals surface area contributed by atoms with E-state index in [2.05, 4.69) is 35.2 Å². The molecule has 1 amide bonds. The van der Waals surface area contributed by atoms with Crippen molar-refractivity contribution in [1.29, 1.82) is 0 Å². The lowest BCUT2D eigenvalue weighted by atomic mass is 9.90. The predicted molar refractivity (Wildman–Crippen MR) is 136 cm³/mol. The quantitative estimate of drug-likeness (QED) is 0.469. The minimum absolute atomic E-state index is 0.0398. The molecule has 4 nitrogen and oxygen atoms in total. The Hall–Kier alpha value is -2.95. The summed E-state index contributed by atoms with van der Waals surface area (Å²) in [5, 5.41) is 0.658. The summed E-state index contributed by atoms with van der Waals surface area (Å²) in [7, 11) is 0. The van der Waals surface area contributed by atoms with E-state index in [-0.39, 0.29) is 5.91 Å². The summed E-state index contributed by atoms with van der Waals surface area (Å²) in [4.78, 5) is 22.5. The molecule has 33 heavy (non-hydrogen) atoms. The first-order valence-electron chi connectivity index (χ1n) is 11.6. The first kappa shape index (κ1) is 21.9. The van der Waals surface area contributed by atoms with E-state index in [1.54, 1.807) is 0 Å². The zero-order chi connectivity index (χ0) is 22.8. The monoisotopic (exact) mass is 457 g/mol. The highest BCUT2D eigenvalue weighted by Crippen LogP contribution is 2.33. The van der Waals surface area contributed by atoms with Crippen LogP contribution in [0.2, 0.25) is 5.02 Å². The van der Waals surface area contributed by atoms with Gasteiger partial charge < -0.3 is 0 Å². The van der Waals surface area contributed by atoms with Crippen molar-refractivity contribution in [2.75, 3.05) is 24.7 Å². The third-order valence-corrected chi connectivity index (χ3v) is 7.19. The summed E-state index contributed by atoms with van der Waals surface area (Å²) in [6.07, 6.45) is 3.44. The lowest BCUT2D eigenvalue weighted by molar-refractivity contribution is -0.112. The molecule has 0 spiro atoms. The van der Waals surface area contributed by atoms with Crippen molar-refractivity contribution >= 4 is 34.6 Å². The highest BCUT2D eigenvalue weighted by molar-refractivity contribution is 6.54. The van der Waals surface area contributed by atoms with Crippen molar-refractivity contribution < 1.29 is 4.79 Å². The Balaban J connectivity index is 1.31. The standard InChI is InChI=1S/C28H28ClN3O/c1-20-24(29)11-7-12-25(20)30-27-23-10-5-6-13-26(23)32(28(27)33)19-31-16-14-22(15-17-31)18-21-8-3-2-4-9-21/h2-13,22H,14-19H2,1H3. The summed E-state index contributed by atoms with van der Waals surface area (Å²) in [6.45, 7) is 4.54. The van der Waals surface area contributed by atoms with Crippen LogP contribution in [0.5, 0.6) is 0 Å². The van der Waals surface area contributed by atoms with Crippen molar-refractivity contribution in [3.63, 3.8) is 0 Å². The molecule has 3 aromatic rings. The van der Waals surface area contributed by atoms with E-state index in [1.807, 2.05) is 54.3 Å². The summed E-state index contributed by atoms with van der Waals surface area (Å²) in [6, 6.07) is 24.3. The Morgan fingerprint density at radius 1 is 0.939 bits per heavy atom. The molecule has 5 heteroatoms. The average molecular weight is 458 g/mol. The summed E-state index contributed by atoms with van der Waals surface area (Å²) >= 11 is 6.28. The first-order chi connectivity index (χ1) is 16.1. The van der Waals surface area contributed by atoms with Gasteiger partial charge in [-0.15, -0.1) is 0 Å². The number of halogens is 1. The van der Waals surface area contributed by atoms with Crippen LogP contribution in [-0.2, 0) is 11.2 Å². The van der Waals surface area contributed by atoms with Crippen LogP contribution < -0.4 is 4.90 Å². The van der Waals surface area contributed by atoms with Crippen molar-refractivity contribution in [3.05, 3.63) is 94.5 Å². The van der Waals surface area contributed by atoms with Gasteiger partial charge in [-0.25, -0.2) is 4.99 Å². The normalized spacial score (nSPS) is 18.2. The van der Waals surface area contributed by atoms with E-state index in [0.29, 0.717) is 23.3 Å². The van der Waals surface area contributed by atoms with E-state index in [0.717, 1.165) is 54.9 Å². The number of hydrogen-bond donors (Lipinski definition) is 0. The van der Waals surface area contributed by atoms with Crippen LogP contribution in [0.3, 0.4) is 0 Å². The fraction of sp³-hybridized carbons (Fsp3) is 0.286. The van der Waals surface area contributed by atoms with Crippen molar-refractivity contribution in [1.82, 2.24) is 4.90 Å². The highest BCUT2D eigenvalue weighted by Gasteiger charge is 2.35. The number of rotatable bonds is 5. The van der Waals surface area contributed by atoms with Gasteiger partial charge in [-0.05, 0) is 61.4 Å². The molecule has 0 aromatic heterocycles. The van der Waals surface area contributed by atoms with Crippen molar-refractivity contribution in [2.45, 2.75) is 26.2 Å². The smallest absolute Gasteiger partial charge is 0.278 e. The van der Waals surface area contributed by atoms with E-state index >= 15 is 0 Å². The number of carbonyl (C=O) groups excluding carboxylic acids is 1. The van der Waals surface area contributed by atoms with Gasteiger partial charge in [0.1, 0.15) is 5.71 Å². The molecule has 168 valence electrons. The zero-order valence-electron chi connectivity index (χ0n) is 18.9. The summed E-state index contributed by atoms with van der Waals surface area (Å²) in [5.74, 6) is 0.662. The third-order valence-electron chi connectivity index (χ3n) is 6.78. The molecule has 2 aliphatic heterocycles. The van der Waals surface area contributed by atoms with Crippen LogP contribution in [0.1, 0.15) is 29.5 Å². The largest absolute Gasteiger partial charge is 0.293 e. The average Bonchev–Trinajstić information content (AvgIpc) is 3.10. The Labute approximate surface area is 200 Å². The molecular formula is C28H28ClN3O. The number of piperidine rings is 1. The topological polar surface area (TPSA) is 35.9 Å². The molecular weight excluding hydrogens is 430 g/mol. The van der Waals surface area contributed by atoms with Crippen LogP contribution in [-0.4, -0.2) is 36.3 Å². The number of anilines is 1. The molecule has 0 unspecified atom stereocenters. The third kappa shape index (κ3) is 4.59. The molecule has 1 saturated heterocycles.